The second kappa shape index (κ2) is 12.0. The number of rotatable bonds is 7. The number of likely N-dealkylation sites (tertiary alicyclic amines) is 1. The molecule has 23 heavy (non-hydrogen) atoms. The Morgan fingerprint density at radius 1 is 1.43 bits per heavy atom. The average Bonchev–Trinajstić information content (AvgIpc) is 2.97. The van der Waals surface area contributed by atoms with E-state index in [1.54, 1.807) is 6.20 Å². The van der Waals surface area contributed by atoms with E-state index < -0.39 is 0 Å². The Labute approximate surface area is 154 Å². The Morgan fingerprint density at radius 2 is 2.13 bits per heavy atom. The van der Waals surface area contributed by atoms with Crippen molar-refractivity contribution in [1.29, 1.82) is 0 Å². The SMILES string of the molecule is CCCc1ncc(C(=O)N2CCC(OCCCN)CC2)s1.Cl.Cl. The summed E-state index contributed by atoms with van der Waals surface area (Å²) in [6.07, 6.45) is 6.75. The molecule has 1 fully saturated rings. The number of aryl methyl sites for hydroxylation is 1. The molecule has 0 aromatic carbocycles. The lowest BCUT2D eigenvalue weighted by Crippen LogP contribution is -2.40. The third-order valence-electron chi connectivity index (χ3n) is 3.66. The summed E-state index contributed by atoms with van der Waals surface area (Å²) < 4.78 is 5.77. The van der Waals surface area contributed by atoms with Crippen LogP contribution in [0.2, 0.25) is 0 Å². The highest BCUT2D eigenvalue weighted by Crippen LogP contribution is 2.20. The van der Waals surface area contributed by atoms with Crippen LogP contribution < -0.4 is 5.73 Å². The summed E-state index contributed by atoms with van der Waals surface area (Å²) in [4.78, 5) is 19.4. The number of nitrogens with two attached hydrogens (primary N) is 1. The molecule has 0 bridgehead atoms. The molecule has 134 valence electrons. The minimum absolute atomic E-state index is 0. The molecule has 1 aromatic heterocycles. The predicted octanol–water partition coefficient (Wildman–Crippen LogP) is 2.91. The Bertz CT molecular complexity index is 452. The Hall–Kier alpha value is -0.400. The summed E-state index contributed by atoms with van der Waals surface area (Å²) in [7, 11) is 0. The Morgan fingerprint density at radius 3 is 2.74 bits per heavy atom. The van der Waals surface area contributed by atoms with E-state index in [2.05, 4.69) is 11.9 Å². The first-order valence-corrected chi connectivity index (χ1v) is 8.62. The summed E-state index contributed by atoms with van der Waals surface area (Å²) >= 11 is 1.53. The molecule has 1 aromatic rings. The lowest BCUT2D eigenvalue weighted by atomic mass is 10.1. The summed E-state index contributed by atoms with van der Waals surface area (Å²) in [5, 5.41) is 1.06. The van der Waals surface area contributed by atoms with E-state index in [-0.39, 0.29) is 36.8 Å². The van der Waals surface area contributed by atoms with Gasteiger partial charge in [0, 0.05) is 19.7 Å². The van der Waals surface area contributed by atoms with Crippen LogP contribution in [0.3, 0.4) is 0 Å². The van der Waals surface area contributed by atoms with Crippen LogP contribution in [0, 0.1) is 0 Å². The number of hydrogen-bond acceptors (Lipinski definition) is 5. The monoisotopic (exact) mass is 383 g/mol. The molecule has 0 radical (unpaired) electrons. The number of nitrogens with zero attached hydrogens (tertiary/aromatic N) is 2. The fourth-order valence-corrected chi connectivity index (χ4v) is 3.44. The first-order valence-electron chi connectivity index (χ1n) is 7.80. The molecule has 1 saturated heterocycles. The van der Waals surface area contributed by atoms with Gasteiger partial charge in [-0.05, 0) is 38.6 Å². The summed E-state index contributed by atoms with van der Waals surface area (Å²) in [6.45, 7) is 5.06. The molecule has 2 heterocycles. The fourth-order valence-electron chi connectivity index (χ4n) is 2.45. The van der Waals surface area contributed by atoms with Gasteiger partial charge in [-0.2, -0.15) is 0 Å². The minimum atomic E-state index is 0. The van der Waals surface area contributed by atoms with Crippen LogP contribution in [0.25, 0.3) is 0 Å². The number of piperidine rings is 1. The van der Waals surface area contributed by atoms with Crippen molar-refractivity contribution in [3.63, 3.8) is 0 Å². The molecule has 1 amide bonds. The average molecular weight is 384 g/mol. The van der Waals surface area contributed by atoms with E-state index in [4.69, 9.17) is 10.5 Å². The van der Waals surface area contributed by atoms with Gasteiger partial charge in [-0.1, -0.05) is 6.92 Å². The maximum absolute atomic E-state index is 12.4. The van der Waals surface area contributed by atoms with Crippen molar-refractivity contribution >= 4 is 42.1 Å². The summed E-state index contributed by atoms with van der Waals surface area (Å²) in [5.74, 6) is 0.121. The summed E-state index contributed by atoms with van der Waals surface area (Å²) in [6, 6.07) is 0. The number of ether oxygens (including phenoxy) is 1. The van der Waals surface area contributed by atoms with Gasteiger partial charge in [-0.25, -0.2) is 4.98 Å². The van der Waals surface area contributed by atoms with Crippen molar-refractivity contribution in [2.45, 2.75) is 45.1 Å². The Kier molecular flexibility index (Phi) is 11.8. The van der Waals surface area contributed by atoms with Crippen LogP contribution in [0.1, 0.15) is 47.3 Å². The standard InChI is InChI=1S/C15H25N3O2S.2ClH/c1-2-4-14-17-11-13(21-14)15(19)18-8-5-12(6-9-18)20-10-3-7-16;;/h11-12H,2-10,16H2,1H3;2*1H. The number of halogens is 2. The topological polar surface area (TPSA) is 68.5 Å². The van der Waals surface area contributed by atoms with Crippen LogP contribution >= 0.6 is 36.2 Å². The second-order valence-corrected chi connectivity index (χ2v) is 6.49. The zero-order chi connectivity index (χ0) is 15.1. The normalized spacial score (nSPS) is 15.0. The Balaban J connectivity index is 0.00000242. The molecule has 2 N–H and O–H groups in total. The number of carbonyl (C=O) groups excluding carboxylic acids is 1. The molecular weight excluding hydrogens is 357 g/mol. The highest BCUT2D eigenvalue weighted by molar-refractivity contribution is 7.13. The van der Waals surface area contributed by atoms with Gasteiger partial charge in [0.2, 0.25) is 0 Å². The molecule has 0 unspecified atom stereocenters. The molecular formula is C15H27Cl2N3O2S. The zero-order valence-electron chi connectivity index (χ0n) is 13.5. The van der Waals surface area contributed by atoms with Gasteiger partial charge < -0.3 is 15.4 Å². The maximum Gasteiger partial charge on any atom is 0.265 e. The number of thiazole rings is 1. The fraction of sp³-hybridized carbons (Fsp3) is 0.733. The maximum atomic E-state index is 12.4. The van der Waals surface area contributed by atoms with Crippen molar-refractivity contribution in [3.8, 4) is 0 Å². The third kappa shape index (κ3) is 6.93. The lowest BCUT2D eigenvalue weighted by Gasteiger charge is -2.31. The molecule has 1 aliphatic rings. The van der Waals surface area contributed by atoms with Crippen LogP contribution in [-0.2, 0) is 11.2 Å². The lowest BCUT2D eigenvalue weighted by molar-refractivity contribution is 0.00857. The molecule has 8 heteroatoms. The van der Waals surface area contributed by atoms with Gasteiger partial charge in [0.25, 0.3) is 5.91 Å². The number of carbonyl (C=O) groups is 1. The number of amides is 1. The van der Waals surface area contributed by atoms with Crippen molar-refractivity contribution < 1.29 is 9.53 Å². The van der Waals surface area contributed by atoms with Crippen molar-refractivity contribution in [1.82, 2.24) is 9.88 Å². The predicted molar refractivity (Wildman–Crippen MR) is 99.2 cm³/mol. The molecule has 5 nitrogen and oxygen atoms in total. The largest absolute Gasteiger partial charge is 0.378 e. The number of hydrogen-bond donors (Lipinski definition) is 1. The van der Waals surface area contributed by atoms with Gasteiger partial charge >= 0.3 is 0 Å². The van der Waals surface area contributed by atoms with Gasteiger partial charge in [-0.3, -0.25) is 4.79 Å². The van der Waals surface area contributed by atoms with E-state index in [0.717, 1.165) is 61.7 Å². The quantitative estimate of drug-likeness (QED) is 0.734. The van der Waals surface area contributed by atoms with Crippen LogP contribution in [0.15, 0.2) is 6.20 Å². The van der Waals surface area contributed by atoms with E-state index in [1.165, 1.54) is 11.3 Å². The molecule has 0 aliphatic carbocycles. The van der Waals surface area contributed by atoms with E-state index in [0.29, 0.717) is 6.54 Å². The third-order valence-corrected chi connectivity index (χ3v) is 4.70. The molecule has 0 atom stereocenters. The van der Waals surface area contributed by atoms with Crippen molar-refractivity contribution in [3.05, 3.63) is 16.1 Å². The van der Waals surface area contributed by atoms with Gasteiger partial charge in [0.1, 0.15) is 4.88 Å². The minimum Gasteiger partial charge on any atom is -0.378 e. The smallest absolute Gasteiger partial charge is 0.265 e. The van der Waals surface area contributed by atoms with Crippen LogP contribution in [0.4, 0.5) is 0 Å². The highest BCUT2D eigenvalue weighted by Gasteiger charge is 2.25. The van der Waals surface area contributed by atoms with E-state index >= 15 is 0 Å². The van der Waals surface area contributed by atoms with Gasteiger partial charge in [-0.15, -0.1) is 36.2 Å². The number of aromatic nitrogens is 1. The zero-order valence-corrected chi connectivity index (χ0v) is 16.0. The molecule has 0 spiro atoms. The highest BCUT2D eigenvalue weighted by atomic mass is 35.5. The van der Waals surface area contributed by atoms with Crippen LogP contribution in [-0.4, -0.2) is 48.1 Å². The molecule has 0 saturated carbocycles. The summed E-state index contributed by atoms with van der Waals surface area (Å²) in [5.41, 5.74) is 5.46. The molecule has 2 rings (SSSR count). The second-order valence-electron chi connectivity index (χ2n) is 5.37. The van der Waals surface area contributed by atoms with Crippen LogP contribution in [0.5, 0.6) is 0 Å². The van der Waals surface area contributed by atoms with E-state index in [9.17, 15) is 4.79 Å². The van der Waals surface area contributed by atoms with E-state index in [1.807, 2.05) is 4.90 Å². The first-order chi connectivity index (χ1) is 10.2. The van der Waals surface area contributed by atoms with Crippen molar-refractivity contribution in [2.75, 3.05) is 26.2 Å². The molecule has 1 aliphatic heterocycles. The van der Waals surface area contributed by atoms with Crippen molar-refractivity contribution in [2.24, 2.45) is 5.73 Å². The first kappa shape index (κ1) is 22.6. The van der Waals surface area contributed by atoms with Gasteiger partial charge in [0.05, 0.1) is 17.3 Å². The van der Waals surface area contributed by atoms with Gasteiger partial charge in [0.15, 0.2) is 0 Å².